The van der Waals surface area contributed by atoms with E-state index in [2.05, 4.69) is 21.2 Å². The number of benzene rings is 1. The van der Waals surface area contributed by atoms with Crippen molar-refractivity contribution in [2.24, 2.45) is 0 Å². The number of ether oxygens (including phenoxy) is 2. The smallest absolute Gasteiger partial charge is 0.407 e. The predicted octanol–water partition coefficient (Wildman–Crippen LogP) is 3.88. The molecule has 1 unspecified atom stereocenters. The fourth-order valence-corrected chi connectivity index (χ4v) is 1.90. The van der Waals surface area contributed by atoms with E-state index in [-0.39, 0.29) is 0 Å². The van der Waals surface area contributed by atoms with Crippen LogP contribution in [0.1, 0.15) is 33.3 Å². The van der Waals surface area contributed by atoms with E-state index >= 15 is 0 Å². The van der Waals surface area contributed by atoms with Gasteiger partial charge >= 0.3 is 6.09 Å². The number of hydrogen-bond acceptors (Lipinski definition) is 3. The largest absolute Gasteiger partial charge is 0.444 e. The molecule has 0 spiro atoms. The molecule has 118 valence electrons. The van der Waals surface area contributed by atoms with Crippen LogP contribution in [0.2, 0.25) is 0 Å². The summed E-state index contributed by atoms with van der Waals surface area (Å²) in [6.45, 7) is 8.33. The number of alkyl carbamates (subject to hydrolysis) is 1. The van der Waals surface area contributed by atoms with Crippen molar-refractivity contribution < 1.29 is 14.3 Å². The van der Waals surface area contributed by atoms with Gasteiger partial charge in [0.1, 0.15) is 5.60 Å². The topological polar surface area (TPSA) is 47.6 Å². The summed E-state index contributed by atoms with van der Waals surface area (Å²) in [4.78, 5) is 11.7. The van der Waals surface area contributed by atoms with Crippen LogP contribution in [0, 0.1) is 0 Å². The molecule has 1 N–H and O–H groups in total. The van der Waals surface area contributed by atoms with Crippen LogP contribution >= 0.6 is 15.9 Å². The van der Waals surface area contributed by atoms with E-state index in [0.29, 0.717) is 18.5 Å². The third kappa shape index (κ3) is 7.48. The second-order valence-corrected chi connectivity index (χ2v) is 6.77. The lowest BCUT2D eigenvalue weighted by molar-refractivity contribution is -0.0257. The quantitative estimate of drug-likeness (QED) is 0.785. The van der Waals surface area contributed by atoms with Gasteiger partial charge in [-0.05, 0) is 33.3 Å². The van der Waals surface area contributed by atoms with Crippen LogP contribution in [0.4, 0.5) is 4.79 Å². The molecule has 1 aromatic rings. The lowest BCUT2D eigenvalue weighted by atomic mass is 10.1. The Morgan fingerprint density at radius 1 is 1.19 bits per heavy atom. The van der Waals surface area contributed by atoms with E-state index in [0.717, 1.165) is 5.56 Å². The Labute approximate surface area is 135 Å². The molecule has 0 fully saturated rings. The van der Waals surface area contributed by atoms with Crippen LogP contribution < -0.4 is 5.32 Å². The van der Waals surface area contributed by atoms with E-state index in [1.54, 1.807) is 0 Å². The highest BCUT2D eigenvalue weighted by atomic mass is 79.9. The zero-order valence-corrected chi connectivity index (χ0v) is 14.7. The Kier molecular flexibility index (Phi) is 6.68. The van der Waals surface area contributed by atoms with Crippen LogP contribution in [0.5, 0.6) is 0 Å². The van der Waals surface area contributed by atoms with Crippen LogP contribution in [0.25, 0.3) is 0 Å². The number of hydrogen-bond donors (Lipinski definition) is 1. The highest BCUT2D eigenvalue weighted by molar-refractivity contribution is 9.09. The minimum atomic E-state index is -0.500. The SMILES string of the molecule is CC(C)(C)OC(=O)NCC(C)(CBr)OCc1ccccc1. The fourth-order valence-electron chi connectivity index (χ4n) is 1.54. The summed E-state index contributed by atoms with van der Waals surface area (Å²) in [5.41, 5.74) is 0.105. The number of alkyl halides is 1. The Bertz CT molecular complexity index is 445. The molecule has 0 radical (unpaired) electrons. The molecule has 0 bridgehead atoms. The zero-order chi connectivity index (χ0) is 15.9. The van der Waals surface area contributed by atoms with Gasteiger partial charge in [-0.1, -0.05) is 46.3 Å². The Morgan fingerprint density at radius 3 is 2.33 bits per heavy atom. The van der Waals surface area contributed by atoms with Gasteiger partial charge < -0.3 is 14.8 Å². The van der Waals surface area contributed by atoms with Crippen molar-refractivity contribution in [3.63, 3.8) is 0 Å². The molecule has 1 amide bonds. The number of amides is 1. The summed E-state index contributed by atoms with van der Waals surface area (Å²) in [5, 5.41) is 3.36. The van der Waals surface area contributed by atoms with Gasteiger partial charge in [0.25, 0.3) is 0 Å². The summed E-state index contributed by atoms with van der Waals surface area (Å²) in [6, 6.07) is 9.94. The number of nitrogens with one attached hydrogen (secondary N) is 1. The molecule has 4 nitrogen and oxygen atoms in total. The monoisotopic (exact) mass is 357 g/mol. The molecule has 0 heterocycles. The van der Waals surface area contributed by atoms with Crippen LogP contribution in [-0.4, -0.2) is 29.2 Å². The molecule has 0 aromatic heterocycles. The van der Waals surface area contributed by atoms with E-state index in [1.165, 1.54) is 0 Å². The lowest BCUT2D eigenvalue weighted by Crippen LogP contribution is -2.45. The molecular formula is C16H24BrNO3. The molecule has 1 aromatic carbocycles. The third-order valence-electron chi connectivity index (χ3n) is 2.72. The summed E-state index contributed by atoms with van der Waals surface area (Å²) in [5.74, 6) is 0. The summed E-state index contributed by atoms with van der Waals surface area (Å²) in [6.07, 6.45) is -0.432. The van der Waals surface area contributed by atoms with Crippen molar-refractivity contribution >= 4 is 22.0 Å². The summed E-state index contributed by atoms with van der Waals surface area (Å²) in [7, 11) is 0. The van der Waals surface area contributed by atoms with Gasteiger partial charge in [0.05, 0.1) is 18.8 Å². The van der Waals surface area contributed by atoms with Crippen molar-refractivity contribution in [3.8, 4) is 0 Å². The number of halogens is 1. The average Bonchev–Trinajstić information content (AvgIpc) is 2.42. The van der Waals surface area contributed by atoms with Crippen molar-refractivity contribution in [1.29, 1.82) is 0 Å². The molecule has 21 heavy (non-hydrogen) atoms. The van der Waals surface area contributed by atoms with Crippen LogP contribution in [0.15, 0.2) is 30.3 Å². The van der Waals surface area contributed by atoms with Gasteiger partial charge in [0, 0.05) is 5.33 Å². The zero-order valence-electron chi connectivity index (χ0n) is 13.1. The minimum Gasteiger partial charge on any atom is -0.444 e. The van der Waals surface area contributed by atoms with E-state index in [4.69, 9.17) is 9.47 Å². The second kappa shape index (κ2) is 7.80. The summed E-state index contributed by atoms with van der Waals surface area (Å²) >= 11 is 3.44. The van der Waals surface area contributed by atoms with Gasteiger partial charge in [0.15, 0.2) is 0 Å². The van der Waals surface area contributed by atoms with Gasteiger partial charge in [-0.25, -0.2) is 4.79 Å². The lowest BCUT2D eigenvalue weighted by Gasteiger charge is -2.29. The van der Waals surface area contributed by atoms with Gasteiger partial charge in [-0.3, -0.25) is 0 Å². The number of rotatable bonds is 6. The van der Waals surface area contributed by atoms with Crippen LogP contribution in [0.3, 0.4) is 0 Å². The molecule has 0 aliphatic rings. The molecule has 1 atom stereocenters. The highest BCUT2D eigenvalue weighted by Crippen LogP contribution is 2.16. The maximum Gasteiger partial charge on any atom is 0.407 e. The summed E-state index contributed by atoms with van der Waals surface area (Å²) < 4.78 is 11.1. The van der Waals surface area contributed by atoms with Crippen molar-refractivity contribution in [2.45, 2.75) is 45.5 Å². The third-order valence-corrected chi connectivity index (χ3v) is 3.90. The molecule has 1 rings (SSSR count). The Morgan fingerprint density at radius 2 is 1.81 bits per heavy atom. The molecule has 0 aliphatic heterocycles. The molecule has 0 aliphatic carbocycles. The maximum absolute atomic E-state index is 11.7. The van der Waals surface area contributed by atoms with Crippen molar-refractivity contribution in [1.82, 2.24) is 5.32 Å². The van der Waals surface area contributed by atoms with Crippen LogP contribution in [-0.2, 0) is 16.1 Å². The Balaban J connectivity index is 2.46. The average molecular weight is 358 g/mol. The predicted molar refractivity (Wildman–Crippen MR) is 87.7 cm³/mol. The highest BCUT2D eigenvalue weighted by Gasteiger charge is 2.26. The first-order valence-corrected chi connectivity index (χ1v) is 8.07. The van der Waals surface area contributed by atoms with Gasteiger partial charge in [0.2, 0.25) is 0 Å². The van der Waals surface area contributed by atoms with Crippen molar-refractivity contribution in [2.75, 3.05) is 11.9 Å². The second-order valence-electron chi connectivity index (χ2n) is 6.21. The van der Waals surface area contributed by atoms with Gasteiger partial charge in [-0.15, -0.1) is 0 Å². The first-order chi connectivity index (χ1) is 9.74. The minimum absolute atomic E-state index is 0.375. The number of carbonyl (C=O) groups excluding carboxylic acids is 1. The van der Waals surface area contributed by atoms with E-state index in [9.17, 15) is 4.79 Å². The molecule has 0 saturated heterocycles. The molecule has 5 heteroatoms. The van der Waals surface area contributed by atoms with E-state index < -0.39 is 17.3 Å². The molecule has 0 saturated carbocycles. The first-order valence-electron chi connectivity index (χ1n) is 6.95. The van der Waals surface area contributed by atoms with Gasteiger partial charge in [-0.2, -0.15) is 0 Å². The fraction of sp³-hybridized carbons (Fsp3) is 0.562. The maximum atomic E-state index is 11.7. The first kappa shape index (κ1) is 18.0. The Hall–Kier alpha value is -1.07. The van der Waals surface area contributed by atoms with Crippen molar-refractivity contribution in [3.05, 3.63) is 35.9 Å². The normalized spacial score (nSPS) is 14.3. The molecular weight excluding hydrogens is 334 g/mol. The number of carbonyl (C=O) groups is 1. The van der Waals surface area contributed by atoms with E-state index in [1.807, 2.05) is 58.0 Å². The standard InChI is InChI=1S/C16H24BrNO3/c1-15(2,3)21-14(19)18-12-16(4,11-17)20-10-13-8-6-5-7-9-13/h5-9H,10-12H2,1-4H3,(H,18,19).